The van der Waals surface area contributed by atoms with Crippen molar-refractivity contribution in [3.63, 3.8) is 0 Å². The van der Waals surface area contributed by atoms with Crippen molar-refractivity contribution in [2.24, 2.45) is 0 Å². The van der Waals surface area contributed by atoms with Gasteiger partial charge in [0.1, 0.15) is 6.04 Å². The molecule has 0 saturated carbocycles. The zero-order chi connectivity index (χ0) is 25.5. The first-order chi connectivity index (χ1) is 16.0. The summed E-state index contributed by atoms with van der Waals surface area (Å²) < 4.78 is 27.3. The molecular formula is C25H34BrN3O4S. The lowest BCUT2D eigenvalue weighted by atomic mass is 10.1. The van der Waals surface area contributed by atoms with Gasteiger partial charge in [-0.1, -0.05) is 40.2 Å². The SMILES string of the molecule is CCNC(=O)[C@@H](C)N(Cc1cccc(Br)c1)C(=O)CCCN(c1cccc(C)c1C)S(C)(=O)=O. The predicted octanol–water partition coefficient (Wildman–Crippen LogP) is 4.17. The Hall–Kier alpha value is -2.39. The van der Waals surface area contributed by atoms with Crippen LogP contribution in [0, 0.1) is 13.8 Å². The first-order valence-corrected chi connectivity index (χ1v) is 13.9. The van der Waals surface area contributed by atoms with Gasteiger partial charge < -0.3 is 10.2 Å². The van der Waals surface area contributed by atoms with E-state index >= 15 is 0 Å². The molecule has 0 aliphatic heterocycles. The third kappa shape index (κ3) is 7.56. The van der Waals surface area contributed by atoms with Gasteiger partial charge in [-0.2, -0.15) is 0 Å². The number of benzene rings is 2. The quantitative estimate of drug-likeness (QED) is 0.454. The van der Waals surface area contributed by atoms with E-state index in [9.17, 15) is 18.0 Å². The summed E-state index contributed by atoms with van der Waals surface area (Å²) in [5.41, 5.74) is 3.40. The van der Waals surface area contributed by atoms with Crippen LogP contribution in [-0.4, -0.2) is 50.5 Å². The number of halogens is 1. The van der Waals surface area contributed by atoms with Crippen molar-refractivity contribution >= 4 is 43.5 Å². The lowest BCUT2D eigenvalue weighted by Gasteiger charge is -2.29. The van der Waals surface area contributed by atoms with Gasteiger partial charge in [0, 0.05) is 30.5 Å². The second-order valence-electron chi connectivity index (χ2n) is 8.38. The van der Waals surface area contributed by atoms with Gasteiger partial charge in [-0.25, -0.2) is 8.42 Å². The number of sulfonamides is 1. The molecule has 2 aromatic carbocycles. The number of carbonyl (C=O) groups is 2. The number of hydrogen-bond donors (Lipinski definition) is 1. The van der Waals surface area contributed by atoms with Gasteiger partial charge in [0.2, 0.25) is 21.8 Å². The highest BCUT2D eigenvalue weighted by atomic mass is 79.9. The first-order valence-electron chi connectivity index (χ1n) is 11.3. The fourth-order valence-electron chi connectivity index (χ4n) is 3.72. The van der Waals surface area contributed by atoms with Gasteiger partial charge in [0.25, 0.3) is 0 Å². The predicted molar refractivity (Wildman–Crippen MR) is 140 cm³/mol. The number of anilines is 1. The normalized spacial score (nSPS) is 12.2. The molecule has 186 valence electrons. The highest BCUT2D eigenvalue weighted by molar-refractivity contribution is 9.10. The molecule has 0 aliphatic rings. The standard InChI is InChI=1S/C25H34BrN3O4S/c1-6-27-25(31)20(4)28(17-21-11-8-12-22(26)16-21)24(30)14-9-15-29(34(5,32)33)23-13-7-10-18(2)19(23)3/h7-8,10-13,16,20H,6,9,14-15,17H2,1-5H3,(H,27,31)/t20-/m1/s1. The van der Waals surface area contributed by atoms with E-state index in [4.69, 9.17) is 0 Å². The molecule has 0 aromatic heterocycles. The van der Waals surface area contributed by atoms with Gasteiger partial charge in [0.05, 0.1) is 11.9 Å². The lowest BCUT2D eigenvalue weighted by molar-refractivity contribution is -0.140. The molecule has 2 aromatic rings. The van der Waals surface area contributed by atoms with E-state index in [-0.39, 0.29) is 31.3 Å². The molecule has 9 heteroatoms. The molecule has 34 heavy (non-hydrogen) atoms. The third-order valence-corrected chi connectivity index (χ3v) is 7.43. The monoisotopic (exact) mass is 551 g/mol. The maximum atomic E-state index is 13.2. The molecule has 2 amide bonds. The van der Waals surface area contributed by atoms with E-state index in [1.807, 2.05) is 57.2 Å². The highest BCUT2D eigenvalue weighted by Gasteiger charge is 2.26. The summed E-state index contributed by atoms with van der Waals surface area (Å²) >= 11 is 3.44. The zero-order valence-corrected chi connectivity index (χ0v) is 22.9. The van der Waals surface area contributed by atoms with Crippen molar-refractivity contribution in [3.8, 4) is 0 Å². The van der Waals surface area contributed by atoms with Crippen LogP contribution in [0.1, 0.15) is 43.4 Å². The molecule has 0 bridgehead atoms. The molecule has 0 heterocycles. The van der Waals surface area contributed by atoms with Gasteiger partial charge in [-0.05, 0) is 69.0 Å². The summed E-state index contributed by atoms with van der Waals surface area (Å²) in [5, 5.41) is 2.78. The van der Waals surface area contributed by atoms with Gasteiger partial charge in [-0.15, -0.1) is 0 Å². The van der Waals surface area contributed by atoms with Crippen molar-refractivity contribution < 1.29 is 18.0 Å². The fraction of sp³-hybridized carbons (Fsp3) is 0.440. The largest absolute Gasteiger partial charge is 0.355 e. The molecule has 0 radical (unpaired) electrons. The van der Waals surface area contributed by atoms with Crippen LogP contribution in [0.25, 0.3) is 0 Å². The van der Waals surface area contributed by atoms with Gasteiger partial charge >= 0.3 is 0 Å². The summed E-state index contributed by atoms with van der Waals surface area (Å²) in [5.74, 6) is -0.424. The Kier molecular flexibility index (Phi) is 10.1. The Morgan fingerprint density at radius 3 is 2.41 bits per heavy atom. The maximum absolute atomic E-state index is 13.2. The molecule has 0 spiro atoms. The second kappa shape index (κ2) is 12.4. The summed E-state index contributed by atoms with van der Waals surface area (Å²) in [6.07, 6.45) is 1.62. The number of likely N-dealkylation sites (N-methyl/N-ethyl adjacent to an activating group) is 1. The number of hydrogen-bond acceptors (Lipinski definition) is 4. The van der Waals surface area contributed by atoms with E-state index in [0.717, 1.165) is 21.2 Å². The average molecular weight is 553 g/mol. The Labute approximate surface area is 211 Å². The molecule has 7 nitrogen and oxygen atoms in total. The van der Waals surface area contributed by atoms with Crippen LogP contribution in [0.4, 0.5) is 5.69 Å². The minimum atomic E-state index is -3.53. The van der Waals surface area contributed by atoms with Crippen molar-refractivity contribution in [2.45, 2.75) is 53.1 Å². The molecule has 0 saturated heterocycles. The number of rotatable bonds is 11. The molecular weight excluding hydrogens is 518 g/mol. The number of aryl methyl sites for hydroxylation is 1. The first kappa shape index (κ1) is 27.9. The summed E-state index contributed by atoms with van der Waals surface area (Å²) in [4.78, 5) is 27.3. The van der Waals surface area contributed by atoms with E-state index in [2.05, 4.69) is 21.2 Å². The number of nitrogens with one attached hydrogen (secondary N) is 1. The summed E-state index contributed by atoms with van der Waals surface area (Å²) in [7, 11) is -3.53. The average Bonchev–Trinajstić information content (AvgIpc) is 2.76. The smallest absolute Gasteiger partial charge is 0.242 e. The molecule has 0 unspecified atom stereocenters. The van der Waals surface area contributed by atoms with Crippen LogP contribution in [0.15, 0.2) is 46.9 Å². The van der Waals surface area contributed by atoms with E-state index in [0.29, 0.717) is 18.7 Å². The van der Waals surface area contributed by atoms with Crippen LogP contribution in [-0.2, 0) is 26.2 Å². The van der Waals surface area contributed by atoms with Crippen LogP contribution in [0.5, 0.6) is 0 Å². The molecule has 1 N–H and O–H groups in total. The van der Waals surface area contributed by atoms with E-state index in [1.165, 1.54) is 10.6 Å². The minimum Gasteiger partial charge on any atom is -0.355 e. The Balaban J connectivity index is 2.19. The Morgan fingerprint density at radius 2 is 1.79 bits per heavy atom. The Morgan fingerprint density at radius 1 is 1.12 bits per heavy atom. The van der Waals surface area contributed by atoms with Gasteiger partial charge in [0.15, 0.2) is 0 Å². The van der Waals surface area contributed by atoms with E-state index in [1.54, 1.807) is 17.9 Å². The summed E-state index contributed by atoms with van der Waals surface area (Å²) in [6.45, 7) is 8.30. The topological polar surface area (TPSA) is 86.8 Å². The highest BCUT2D eigenvalue weighted by Crippen LogP contribution is 2.25. The Bertz CT molecular complexity index is 1120. The van der Waals surface area contributed by atoms with Crippen LogP contribution < -0.4 is 9.62 Å². The summed E-state index contributed by atoms with van der Waals surface area (Å²) in [6, 6.07) is 12.5. The molecule has 0 fully saturated rings. The fourth-order valence-corrected chi connectivity index (χ4v) is 5.19. The lowest BCUT2D eigenvalue weighted by Crippen LogP contribution is -2.47. The molecule has 2 rings (SSSR count). The van der Waals surface area contributed by atoms with Crippen molar-refractivity contribution in [1.29, 1.82) is 0 Å². The maximum Gasteiger partial charge on any atom is 0.242 e. The van der Waals surface area contributed by atoms with Crippen LogP contribution >= 0.6 is 15.9 Å². The second-order valence-corrected chi connectivity index (χ2v) is 11.2. The number of amides is 2. The molecule has 1 atom stereocenters. The van der Waals surface area contributed by atoms with Crippen molar-refractivity contribution in [1.82, 2.24) is 10.2 Å². The molecule has 0 aliphatic carbocycles. The third-order valence-electron chi connectivity index (χ3n) is 5.76. The zero-order valence-electron chi connectivity index (χ0n) is 20.5. The van der Waals surface area contributed by atoms with Gasteiger partial charge in [-0.3, -0.25) is 13.9 Å². The van der Waals surface area contributed by atoms with Crippen LogP contribution in [0.2, 0.25) is 0 Å². The van der Waals surface area contributed by atoms with E-state index < -0.39 is 16.1 Å². The number of carbonyl (C=O) groups excluding carboxylic acids is 2. The minimum absolute atomic E-state index is 0.120. The van der Waals surface area contributed by atoms with Crippen molar-refractivity contribution in [3.05, 3.63) is 63.6 Å². The van der Waals surface area contributed by atoms with Crippen molar-refractivity contribution in [2.75, 3.05) is 23.7 Å². The number of nitrogens with zero attached hydrogens (tertiary/aromatic N) is 2. The van der Waals surface area contributed by atoms with Crippen LogP contribution in [0.3, 0.4) is 0 Å².